The molecule has 0 spiro atoms. The van der Waals surface area contributed by atoms with Gasteiger partial charge in [-0.2, -0.15) is 0 Å². The van der Waals surface area contributed by atoms with Crippen molar-refractivity contribution in [3.05, 3.63) is 15.6 Å². The van der Waals surface area contributed by atoms with Gasteiger partial charge in [-0.05, 0) is 6.92 Å². The van der Waals surface area contributed by atoms with E-state index in [1.165, 1.54) is 15.6 Å². The van der Waals surface area contributed by atoms with Gasteiger partial charge in [-0.15, -0.1) is 11.3 Å². The molecule has 1 fully saturated rings. The molecule has 0 bridgehead atoms. The molecular formula is C11H18N2S. The fourth-order valence-electron chi connectivity index (χ4n) is 1.59. The van der Waals surface area contributed by atoms with E-state index in [-0.39, 0.29) is 5.41 Å². The molecule has 1 N–H and O–H groups in total. The Morgan fingerprint density at radius 1 is 1.36 bits per heavy atom. The molecule has 1 aromatic rings. The highest BCUT2D eigenvalue weighted by atomic mass is 32.1. The quantitative estimate of drug-likeness (QED) is 0.770. The van der Waals surface area contributed by atoms with Crippen LogP contribution in [0.15, 0.2) is 0 Å². The van der Waals surface area contributed by atoms with Gasteiger partial charge in [0.2, 0.25) is 0 Å². The highest BCUT2D eigenvalue weighted by Gasteiger charge is 2.27. The number of nitrogens with zero attached hydrogens (tertiary/aromatic N) is 1. The first-order valence-electron chi connectivity index (χ1n) is 5.17. The van der Waals surface area contributed by atoms with Crippen molar-refractivity contribution < 1.29 is 0 Å². The Bertz CT molecular complexity index is 332. The first-order chi connectivity index (χ1) is 6.48. The van der Waals surface area contributed by atoms with Gasteiger partial charge in [-0.3, -0.25) is 0 Å². The predicted octanol–water partition coefficient (Wildman–Crippen LogP) is 2.44. The van der Waals surface area contributed by atoms with Gasteiger partial charge in [-0.1, -0.05) is 20.8 Å². The molecule has 0 amide bonds. The van der Waals surface area contributed by atoms with Crippen LogP contribution >= 0.6 is 11.3 Å². The number of aryl methyl sites for hydroxylation is 1. The van der Waals surface area contributed by atoms with Gasteiger partial charge in [0.25, 0.3) is 0 Å². The van der Waals surface area contributed by atoms with Gasteiger partial charge in [-0.25, -0.2) is 4.98 Å². The highest BCUT2D eigenvalue weighted by molar-refractivity contribution is 7.11. The van der Waals surface area contributed by atoms with Crippen LogP contribution < -0.4 is 5.32 Å². The summed E-state index contributed by atoms with van der Waals surface area (Å²) in [4.78, 5) is 6.19. The number of aromatic nitrogens is 1. The molecule has 14 heavy (non-hydrogen) atoms. The number of thiazole rings is 1. The normalized spacial score (nSPS) is 18.3. The summed E-state index contributed by atoms with van der Waals surface area (Å²) in [5.41, 5.74) is 1.53. The van der Waals surface area contributed by atoms with Crippen molar-refractivity contribution >= 4 is 11.3 Å². The number of rotatable bonds is 1. The van der Waals surface area contributed by atoms with Gasteiger partial charge >= 0.3 is 0 Å². The Balaban J connectivity index is 2.29. The standard InChI is InChI=1S/C11H18N2S/c1-7-9(8-5-12-6-8)13-10(14-7)11(2,3)4/h8,12H,5-6H2,1-4H3. The first kappa shape index (κ1) is 10.1. The molecule has 0 unspecified atom stereocenters. The maximum atomic E-state index is 4.78. The Morgan fingerprint density at radius 2 is 2.00 bits per heavy atom. The molecule has 2 nitrogen and oxygen atoms in total. The Hall–Kier alpha value is -0.410. The maximum absolute atomic E-state index is 4.78. The van der Waals surface area contributed by atoms with Crippen molar-refractivity contribution in [2.75, 3.05) is 13.1 Å². The fourth-order valence-corrected chi connectivity index (χ4v) is 2.65. The lowest BCUT2D eigenvalue weighted by Crippen LogP contribution is -2.40. The third-order valence-electron chi connectivity index (χ3n) is 2.64. The molecule has 0 atom stereocenters. The summed E-state index contributed by atoms with van der Waals surface area (Å²) in [5.74, 6) is 0.669. The Kier molecular flexibility index (Phi) is 2.40. The van der Waals surface area contributed by atoms with E-state index in [9.17, 15) is 0 Å². The van der Waals surface area contributed by atoms with Crippen molar-refractivity contribution in [2.45, 2.75) is 39.0 Å². The SMILES string of the molecule is Cc1sc(C(C)(C)C)nc1C1CNC1. The van der Waals surface area contributed by atoms with Crippen LogP contribution in [0.3, 0.4) is 0 Å². The predicted molar refractivity (Wildman–Crippen MR) is 61.2 cm³/mol. The number of hydrogen-bond acceptors (Lipinski definition) is 3. The molecule has 0 saturated carbocycles. The van der Waals surface area contributed by atoms with E-state index < -0.39 is 0 Å². The van der Waals surface area contributed by atoms with Crippen LogP contribution in [0.2, 0.25) is 0 Å². The summed E-state index contributed by atoms with van der Waals surface area (Å²) >= 11 is 1.86. The molecule has 3 heteroatoms. The second kappa shape index (κ2) is 3.31. The summed E-state index contributed by atoms with van der Waals surface area (Å²) in [7, 11) is 0. The molecule has 2 rings (SSSR count). The van der Waals surface area contributed by atoms with E-state index >= 15 is 0 Å². The van der Waals surface area contributed by atoms with Crippen LogP contribution in [0, 0.1) is 6.92 Å². The minimum absolute atomic E-state index is 0.199. The number of nitrogens with one attached hydrogen (secondary N) is 1. The zero-order valence-electron chi connectivity index (χ0n) is 9.35. The van der Waals surface area contributed by atoms with E-state index in [1.807, 2.05) is 11.3 Å². The maximum Gasteiger partial charge on any atom is 0.0984 e. The van der Waals surface area contributed by atoms with E-state index in [4.69, 9.17) is 4.98 Å². The molecule has 1 saturated heterocycles. The second-order valence-corrected chi connectivity index (χ2v) is 6.27. The summed E-state index contributed by atoms with van der Waals surface area (Å²) in [5, 5.41) is 4.57. The van der Waals surface area contributed by atoms with Gasteiger partial charge in [0.1, 0.15) is 0 Å². The van der Waals surface area contributed by atoms with Crippen LogP contribution in [0.4, 0.5) is 0 Å². The average molecular weight is 210 g/mol. The van der Waals surface area contributed by atoms with Crippen molar-refractivity contribution in [1.82, 2.24) is 10.3 Å². The van der Waals surface area contributed by atoms with E-state index in [0.29, 0.717) is 5.92 Å². The smallest absolute Gasteiger partial charge is 0.0984 e. The second-order valence-electron chi connectivity index (χ2n) is 5.07. The molecule has 1 aromatic heterocycles. The van der Waals surface area contributed by atoms with Crippen LogP contribution in [-0.4, -0.2) is 18.1 Å². The Labute approximate surface area is 89.8 Å². The van der Waals surface area contributed by atoms with E-state index in [0.717, 1.165) is 13.1 Å². The average Bonchev–Trinajstić information content (AvgIpc) is 2.28. The lowest BCUT2D eigenvalue weighted by Gasteiger charge is -2.26. The monoisotopic (exact) mass is 210 g/mol. The van der Waals surface area contributed by atoms with Crippen molar-refractivity contribution in [2.24, 2.45) is 0 Å². The molecular weight excluding hydrogens is 192 g/mol. The van der Waals surface area contributed by atoms with E-state index in [1.54, 1.807) is 0 Å². The van der Waals surface area contributed by atoms with E-state index in [2.05, 4.69) is 33.0 Å². The zero-order valence-corrected chi connectivity index (χ0v) is 10.2. The largest absolute Gasteiger partial charge is 0.315 e. The van der Waals surface area contributed by atoms with Gasteiger partial charge < -0.3 is 5.32 Å². The van der Waals surface area contributed by atoms with Gasteiger partial charge in [0.05, 0.1) is 10.7 Å². The topological polar surface area (TPSA) is 24.9 Å². The minimum Gasteiger partial charge on any atom is -0.315 e. The summed E-state index contributed by atoms with van der Waals surface area (Å²) in [6.45, 7) is 11.1. The van der Waals surface area contributed by atoms with Gasteiger partial charge in [0.15, 0.2) is 0 Å². The van der Waals surface area contributed by atoms with Crippen molar-refractivity contribution in [3.8, 4) is 0 Å². The highest BCUT2D eigenvalue weighted by Crippen LogP contribution is 2.33. The molecule has 78 valence electrons. The third kappa shape index (κ3) is 1.71. The van der Waals surface area contributed by atoms with Crippen LogP contribution in [0.1, 0.15) is 42.3 Å². The molecule has 0 radical (unpaired) electrons. The lowest BCUT2D eigenvalue weighted by molar-refractivity contribution is 0.437. The molecule has 0 aliphatic carbocycles. The molecule has 0 aromatic carbocycles. The Morgan fingerprint density at radius 3 is 2.36 bits per heavy atom. The summed E-state index contributed by atoms with van der Waals surface area (Å²) < 4.78 is 0. The summed E-state index contributed by atoms with van der Waals surface area (Å²) in [6, 6.07) is 0. The minimum atomic E-state index is 0.199. The zero-order chi connectivity index (χ0) is 10.3. The fraction of sp³-hybridized carbons (Fsp3) is 0.727. The van der Waals surface area contributed by atoms with Crippen LogP contribution in [0.5, 0.6) is 0 Å². The lowest BCUT2D eigenvalue weighted by atomic mass is 9.96. The molecule has 1 aliphatic heterocycles. The van der Waals surface area contributed by atoms with Crippen LogP contribution in [0.25, 0.3) is 0 Å². The van der Waals surface area contributed by atoms with Crippen LogP contribution in [-0.2, 0) is 5.41 Å². The van der Waals surface area contributed by atoms with Gasteiger partial charge in [0, 0.05) is 29.3 Å². The first-order valence-corrected chi connectivity index (χ1v) is 5.98. The summed E-state index contributed by atoms with van der Waals surface area (Å²) in [6.07, 6.45) is 0. The van der Waals surface area contributed by atoms with Crippen molar-refractivity contribution in [1.29, 1.82) is 0 Å². The third-order valence-corrected chi connectivity index (χ3v) is 4.05. The number of hydrogen-bond donors (Lipinski definition) is 1. The molecule has 2 heterocycles. The van der Waals surface area contributed by atoms with Crippen molar-refractivity contribution in [3.63, 3.8) is 0 Å². The molecule has 1 aliphatic rings.